The first-order valence-electron chi connectivity index (χ1n) is 7.68. The molecule has 0 heterocycles. The van der Waals surface area contributed by atoms with Gasteiger partial charge in [0.1, 0.15) is 0 Å². The molecule has 112 valence electrons. The van der Waals surface area contributed by atoms with Crippen LogP contribution in [0.3, 0.4) is 0 Å². The average molecular weight is 279 g/mol. The lowest BCUT2D eigenvalue weighted by Crippen LogP contribution is -2.31. The van der Waals surface area contributed by atoms with Crippen LogP contribution in [0.2, 0.25) is 0 Å². The molecule has 0 aromatic heterocycles. The summed E-state index contributed by atoms with van der Waals surface area (Å²) in [6, 6.07) is 5.32. The Hall–Kier alpha value is -1.09. The van der Waals surface area contributed by atoms with Crippen LogP contribution in [0.15, 0.2) is 18.2 Å². The highest BCUT2D eigenvalue weighted by Crippen LogP contribution is 2.30. The van der Waals surface area contributed by atoms with Crippen LogP contribution in [0.5, 0.6) is 5.75 Å². The Morgan fingerprint density at radius 2 is 2.10 bits per heavy atom. The van der Waals surface area contributed by atoms with Crippen LogP contribution in [0.1, 0.15) is 51.1 Å². The lowest BCUT2D eigenvalue weighted by molar-refractivity contribution is 0.242. The van der Waals surface area contributed by atoms with Gasteiger partial charge in [0.05, 0.1) is 7.11 Å². The molecule has 1 aliphatic rings. The molecule has 3 heteroatoms. The van der Waals surface area contributed by atoms with Crippen LogP contribution in [-0.2, 0) is 0 Å². The fourth-order valence-corrected chi connectivity index (χ4v) is 3.09. The van der Waals surface area contributed by atoms with Crippen molar-refractivity contribution < 1.29 is 9.13 Å². The number of halogens is 1. The number of nitrogens with one attached hydrogen (secondary N) is 1. The van der Waals surface area contributed by atoms with E-state index in [9.17, 15) is 4.39 Å². The molecule has 1 aromatic carbocycles. The molecule has 1 fully saturated rings. The third-order valence-corrected chi connectivity index (χ3v) is 4.65. The molecule has 1 aromatic rings. The summed E-state index contributed by atoms with van der Waals surface area (Å²) < 4.78 is 18.5. The first-order chi connectivity index (χ1) is 9.61. The fourth-order valence-electron chi connectivity index (χ4n) is 3.09. The molecule has 20 heavy (non-hydrogen) atoms. The minimum absolute atomic E-state index is 0.221. The number of benzene rings is 1. The average Bonchev–Trinajstić information content (AvgIpc) is 2.46. The number of ether oxygens (including phenoxy) is 1. The van der Waals surface area contributed by atoms with E-state index in [1.165, 1.54) is 38.9 Å². The maximum Gasteiger partial charge on any atom is 0.165 e. The van der Waals surface area contributed by atoms with E-state index < -0.39 is 0 Å². The summed E-state index contributed by atoms with van der Waals surface area (Å²) in [5, 5.41) is 3.59. The summed E-state index contributed by atoms with van der Waals surface area (Å²) in [5.74, 6) is 1.60. The summed E-state index contributed by atoms with van der Waals surface area (Å²) in [6.45, 7) is 5.53. The van der Waals surface area contributed by atoms with Crippen LogP contribution in [-0.4, -0.2) is 13.7 Å². The van der Waals surface area contributed by atoms with Crippen LogP contribution >= 0.6 is 0 Å². The van der Waals surface area contributed by atoms with Gasteiger partial charge in [0.25, 0.3) is 0 Å². The summed E-state index contributed by atoms with van der Waals surface area (Å²) >= 11 is 0. The van der Waals surface area contributed by atoms with E-state index >= 15 is 0 Å². The second kappa shape index (κ2) is 7.07. The molecule has 3 unspecified atom stereocenters. The molecule has 0 spiro atoms. The van der Waals surface area contributed by atoms with Crippen molar-refractivity contribution in [2.24, 2.45) is 11.8 Å². The van der Waals surface area contributed by atoms with Crippen molar-refractivity contribution >= 4 is 0 Å². The van der Waals surface area contributed by atoms with Crippen LogP contribution in [0.4, 0.5) is 4.39 Å². The predicted molar refractivity (Wildman–Crippen MR) is 80.5 cm³/mol. The van der Waals surface area contributed by atoms with Crippen molar-refractivity contribution in [1.29, 1.82) is 0 Å². The van der Waals surface area contributed by atoms with Crippen LogP contribution < -0.4 is 10.1 Å². The monoisotopic (exact) mass is 279 g/mol. The van der Waals surface area contributed by atoms with Gasteiger partial charge in [-0.2, -0.15) is 0 Å². The second-order valence-electron chi connectivity index (χ2n) is 6.05. The smallest absolute Gasteiger partial charge is 0.165 e. The maximum atomic E-state index is 13.4. The molecule has 2 nitrogen and oxygen atoms in total. The number of methoxy groups -OCH3 is 1. The van der Waals surface area contributed by atoms with Crippen molar-refractivity contribution in [3.05, 3.63) is 29.6 Å². The Balaban J connectivity index is 1.92. The standard InChI is InChI=1S/C17H26FNO/c1-12-6-4-5-7-15(12)11-19-13(2)14-8-9-16(18)17(10-14)20-3/h8-10,12-13,15,19H,4-7,11H2,1-3H3. The minimum Gasteiger partial charge on any atom is -0.494 e. The number of hydrogen-bond acceptors (Lipinski definition) is 2. The lowest BCUT2D eigenvalue weighted by atomic mass is 9.80. The molecule has 2 rings (SSSR count). The molecule has 0 amide bonds. The molecule has 0 saturated heterocycles. The summed E-state index contributed by atoms with van der Waals surface area (Å²) in [6.07, 6.45) is 5.41. The van der Waals surface area contributed by atoms with Crippen LogP contribution in [0, 0.1) is 17.7 Å². The zero-order valence-electron chi connectivity index (χ0n) is 12.8. The zero-order chi connectivity index (χ0) is 14.5. The summed E-state index contributed by atoms with van der Waals surface area (Å²) in [7, 11) is 1.50. The van der Waals surface area contributed by atoms with Gasteiger partial charge in [-0.15, -0.1) is 0 Å². The van der Waals surface area contributed by atoms with E-state index in [-0.39, 0.29) is 11.9 Å². The van der Waals surface area contributed by atoms with Crippen molar-refractivity contribution in [2.75, 3.05) is 13.7 Å². The molecule has 0 radical (unpaired) electrons. The Morgan fingerprint density at radius 3 is 2.80 bits per heavy atom. The first-order valence-corrected chi connectivity index (χ1v) is 7.68. The summed E-state index contributed by atoms with van der Waals surface area (Å²) in [5.41, 5.74) is 1.08. The lowest BCUT2D eigenvalue weighted by Gasteiger charge is -2.30. The Kier molecular flexibility index (Phi) is 5.41. The molecule has 1 N–H and O–H groups in total. The van der Waals surface area contributed by atoms with E-state index in [1.807, 2.05) is 6.07 Å². The predicted octanol–water partition coefficient (Wildman–Crippen LogP) is 4.31. The quantitative estimate of drug-likeness (QED) is 0.867. The highest BCUT2D eigenvalue weighted by molar-refractivity contribution is 5.31. The van der Waals surface area contributed by atoms with E-state index in [0.717, 1.165) is 23.9 Å². The molecular weight excluding hydrogens is 253 g/mol. The number of hydrogen-bond donors (Lipinski definition) is 1. The van der Waals surface area contributed by atoms with Gasteiger partial charge in [0.2, 0.25) is 0 Å². The van der Waals surface area contributed by atoms with Crippen molar-refractivity contribution in [1.82, 2.24) is 5.32 Å². The summed E-state index contributed by atoms with van der Waals surface area (Å²) in [4.78, 5) is 0. The van der Waals surface area contributed by atoms with Gasteiger partial charge in [-0.1, -0.05) is 32.3 Å². The molecule has 3 atom stereocenters. The molecule has 0 aliphatic heterocycles. The van der Waals surface area contributed by atoms with Crippen molar-refractivity contribution in [3.63, 3.8) is 0 Å². The van der Waals surface area contributed by atoms with E-state index in [2.05, 4.69) is 19.2 Å². The maximum absolute atomic E-state index is 13.4. The van der Waals surface area contributed by atoms with Gasteiger partial charge in [0, 0.05) is 6.04 Å². The normalized spacial score (nSPS) is 24.4. The van der Waals surface area contributed by atoms with Gasteiger partial charge in [-0.3, -0.25) is 0 Å². The van der Waals surface area contributed by atoms with Gasteiger partial charge in [-0.05, 0) is 49.4 Å². The van der Waals surface area contributed by atoms with Gasteiger partial charge < -0.3 is 10.1 Å². The molecule has 1 aliphatic carbocycles. The Bertz CT molecular complexity index is 435. The highest BCUT2D eigenvalue weighted by atomic mass is 19.1. The molecular formula is C17H26FNO. The minimum atomic E-state index is -0.302. The Labute approximate surface area is 121 Å². The first kappa shape index (κ1) is 15.3. The van der Waals surface area contributed by atoms with E-state index in [0.29, 0.717) is 5.75 Å². The SMILES string of the molecule is COc1cc(C(C)NCC2CCCCC2C)ccc1F. The van der Waals surface area contributed by atoms with Gasteiger partial charge >= 0.3 is 0 Å². The van der Waals surface area contributed by atoms with Gasteiger partial charge in [0.15, 0.2) is 11.6 Å². The third kappa shape index (κ3) is 3.72. The second-order valence-corrected chi connectivity index (χ2v) is 6.05. The van der Waals surface area contributed by atoms with Gasteiger partial charge in [-0.25, -0.2) is 4.39 Å². The van der Waals surface area contributed by atoms with Crippen LogP contribution in [0.25, 0.3) is 0 Å². The molecule has 1 saturated carbocycles. The van der Waals surface area contributed by atoms with Crippen molar-refractivity contribution in [2.45, 2.75) is 45.6 Å². The Morgan fingerprint density at radius 1 is 1.35 bits per heavy atom. The van der Waals surface area contributed by atoms with Crippen molar-refractivity contribution in [3.8, 4) is 5.75 Å². The zero-order valence-corrected chi connectivity index (χ0v) is 12.8. The topological polar surface area (TPSA) is 21.3 Å². The van der Waals surface area contributed by atoms with E-state index in [1.54, 1.807) is 6.07 Å². The van der Waals surface area contributed by atoms with E-state index in [4.69, 9.17) is 4.74 Å². The highest BCUT2D eigenvalue weighted by Gasteiger charge is 2.21. The third-order valence-electron chi connectivity index (χ3n) is 4.65. The molecule has 0 bridgehead atoms. The largest absolute Gasteiger partial charge is 0.494 e. The fraction of sp³-hybridized carbons (Fsp3) is 0.647. The number of rotatable bonds is 5.